The molecule has 2 nitrogen and oxygen atoms in total. The molecule has 0 radical (unpaired) electrons. The first-order valence-corrected chi connectivity index (χ1v) is 8.25. The van der Waals surface area contributed by atoms with Crippen LogP contribution in [0.15, 0.2) is 91.0 Å². The molecule has 0 bridgehead atoms. The lowest BCUT2D eigenvalue weighted by Crippen LogP contribution is -1.91. The van der Waals surface area contributed by atoms with Crippen LogP contribution >= 0.6 is 0 Å². The maximum Gasteiger partial charge on any atom is 0.135 e. The highest BCUT2D eigenvalue weighted by molar-refractivity contribution is 6.01. The van der Waals surface area contributed by atoms with Gasteiger partial charge in [-0.1, -0.05) is 60.7 Å². The molecule has 0 heterocycles. The van der Waals surface area contributed by atoms with Crippen molar-refractivity contribution in [2.24, 2.45) is 0 Å². The molecule has 0 unspecified atom stereocenters. The van der Waals surface area contributed by atoms with Gasteiger partial charge in [-0.2, -0.15) is 0 Å². The summed E-state index contributed by atoms with van der Waals surface area (Å²) in [5, 5.41) is 2.24. The van der Waals surface area contributed by atoms with Gasteiger partial charge in [-0.05, 0) is 41.3 Å². The van der Waals surface area contributed by atoms with E-state index in [1.165, 1.54) is 0 Å². The molecular formula is C23H18O2. The van der Waals surface area contributed by atoms with E-state index in [9.17, 15) is 0 Å². The van der Waals surface area contributed by atoms with Crippen molar-refractivity contribution in [3.63, 3.8) is 0 Å². The van der Waals surface area contributed by atoms with Crippen LogP contribution in [0.1, 0.15) is 0 Å². The number of hydrogen-bond acceptors (Lipinski definition) is 2. The molecule has 0 saturated carbocycles. The number of fused-ring (bicyclic) bond motifs is 1. The van der Waals surface area contributed by atoms with E-state index < -0.39 is 0 Å². The molecule has 0 saturated heterocycles. The number of benzene rings is 4. The van der Waals surface area contributed by atoms with Gasteiger partial charge < -0.3 is 9.47 Å². The Hall–Kier alpha value is -3.26. The summed E-state index contributed by atoms with van der Waals surface area (Å²) in [7, 11) is 1.70. The Kier molecular flexibility index (Phi) is 4.09. The van der Waals surface area contributed by atoms with E-state index in [2.05, 4.69) is 24.3 Å². The van der Waals surface area contributed by atoms with Crippen LogP contribution in [-0.2, 0) is 0 Å². The molecule has 25 heavy (non-hydrogen) atoms. The van der Waals surface area contributed by atoms with Crippen LogP contribution in [0.25, 0.3) is 21.9 Å². The van der Waals surface area contributed by atoms with E-state index in [0.29, 0.717) is 0 Å². The standard InChI is InChI=1S/C23H18O2/c1-24-22-16-15-19(18-11-5-6-12-20(18)22)21-13-7-8-14-23(21)25-17-9-3-2-4-10-17/h2-16H,1H3. The highest BCUT2D eigenvalue weighted by Crippen LogP contribution is 2.39. The maximum absolute atomic E-state index is 6.14. The third kappa shape index (κ3) is 2.94. The largest absolute Gasteiger partial charge is 0.496 e. The fraction of sp³-hybridized carbons (Fsp3) is 0.0435. The molecule has 0 atom stereocenters. The third-order valence-electron chi connectivity index (χ3n) is 4.25. The van der Waals surface area contributed by atoms with Crippen LogP contribution in [0.5, 0.6) is 17.2 Å². The average molecular weight is 326 g/mol. The molecule has 0 aliphatic heterocycles. The van der Waals surface area contributed by atoms with Crippen LogP contribution in [0.2, 0.25) is 0 Å². The van der Waals surface area contributed by atoms with Gasteiger partial charge in [-0.3, -0.25) is 0 Å². The van der Waals surface area contributed by atoms with Crippen molar-refractivity contribution in [1.29, 1.82) is 0 Å². The fourth-order valence-corrected chi connectivity index (χ4v) is 3.08. The van der Waals surface area contributed by atoms with Crippen LogP contribution < -0.4 is 9.47 Å². The van der Waals surface area contributed by atoms with Crippen molar-refractivity contribution in [3.05, 3.63) is 91.0 Å². The van der Waals surface area contributed by atoms with Gasteiger partial charge in [-0.25, -0.2) is 0 Å². The quantitative estimate of drug-likeness (QED) is 0.437. The van der Waals surface area contributed by atoms with E-state index in [0.717, 1.165) is 39.1 Å². The predicted molar refractivity (Wildman–Crippen MR) is 102 cm³/mol. The number of rotatable bonds is 4. The molecule has 4 aromatic rings. The molecule has 4 rings (SSSR count). The van der Waals surface area contributed by atoms with Gasteiger partial charge in [-0.15, -0.1) is 0 Å². The lowest BCUT2D eigenvalue weighted by Gasteiger charge is -2.14. The third-order valence-corrected chi connectivity index (χ3v) is 4.25. The second kappa shape index (κ2) is 6.70. The first kappa shape index (κ1) is 15.3. The maximum atomic E-state index is 6.14. The summed E-state index contributed by atoms with van der Waals surface area (Å²) in [4.78, 5) is 0. The number of ether oxygens (including phenoxy) is 2. The van der Waals surface area contributed by atoms with Crippen LogP contribution in [0.4, 0.5) is 0 Å². The summed E-state index contributed by atoms with van der Waals surface area (Å²) in [6.07, 6.45) is 0. The summed E-state index contributed by atoms with van der Waals surface area (Å²) < 4.78 is 11.7. The SMILES string of the molecule is COc1ccc(-c2ccccc2Oc2ccccc2)c2ccccc12. The molecule has 0 aromatic heterocycles. The normalized spacial score (nSPS) is 10.6. The topological polar surface area (TPSA) is 18.5 Å². The first-order valence-electron chi connectivity index (χ1n) is 8.25. The lowest BCUT2D eigenvalue weighted by molar-refractivity contribution is 0.420. The van der Waals surface area contributed by atoms with Crippen molar-refractivity contribution in [1.82, 2.24) is 0 Å². The molecule has 122 valence electrons. The Morgan fingerprint density at radius 3 is 2.00 bits per heavy atom. The van der Waals surface area contributed by atoms with Gasteiger partial charge >= 0.3 is 0 Å². The van der Waals surface area contributed by atoms with Crippen molar-refractivity contribution >= 4 is 10.8 Å². The zero-order valence-corrected chi connectivity index (χ0v) is 14.0. The van der Waals surface area contributed by atoms with E-state index in [4.69, 9.17) is 9.47 Å². The van der Waals surface area contributed by atoms with Gasteiger partial charge in [0.15, 0.2) is 0 Å². The Balaban J connectivity index is 1.87. The van der Waals surface area contributed by atoms with Gasteiger partial charge in [0, 0.05) is 10.9 Å². The molecule has 2 heteroatoms. The highest BCUT2D eigenvalue weighted by Gasteiger charge is 2.12. The van der Waals surface area contributed by atoms with E-state index >= 15 is 0 Å². The summed E-state index contributed by atoms with van der Waals surface area (Å²) in [6.45, 7) is 0. The van der Waals surface area contributed by atoms with Crippen molar-refractivity contribution < 1.29 is 9.47 Å². The number of hydrogen-bond donors (Lipinski definition) is 0. The average Bonchev–Trinajstić information content (AvgIpc) is 2.68. The van der Waals surface area contributed by atoms with E-state index in [1.54, 1.807) is 7.11 Å². The predicted octanol–water partition coefficient (Wildman–Crippen LogP) is 6.31. The van der Waals surface area contributed by atoms with Crippen LogP contribution in [0, 0.1) is 0 Å². The minimum Gasteiger partial charge on any atom is -0.496 e. The Morgan fingerprint density at radius 2 is 1.20 bits per heavy atom. The Morgan fingerprint density at radius 1 is 0.520 bits per heavy atom. The van der Waals surface area contributed by atoms with Gasteiger partial charge in [0.2, 0.25) is 0 Å². The Bertz CT molecular complexity index is 1010. The highest BCUT2D eigenvalue weighted by atomic mass is 16.5. The number of para-hydroxylation sites is 2. The van der Waals surface area contributed by atoms with Crippen LogP contribution in [0.3, 0.4) is 0 Å². The Labute approximate surface area is 147 Å². The molecule has 0 N–H and O–H groups in total. The van der Waals surface area contributed by atoms with E-state index in [1.807, 2.05) is 66.7 Å². The summed E-state index contributed by atoms with van der Waals surface area (Å²) in [6, 6.07) is 30.3. The molecule has 0 aliphatic carbocycles. The van der Waals surface area contributed by atoms with Gasteiger partial charge in [0.1, 0.15) is 17.2 Å². The van der Waals surface area contributed by atoms with E-state index in [-0.39, 0.29) is 0 Å². The molecule has 4 aromatic carbocycles. The monoisotopic (exact) mass is 326 g/mol. The van der Waals surface area contributed by atoms with Gasteiger partial charge in [0.05, 0.1) is 7.11 Å². The zero-order chi connectivity index (χ0) is 17.1. The first-order chi connectivity index (χ1) is 12.4. The minimum atomic E-state index is 0.827. The van der Waals surface area contributed by atoms with Gasteiger partial charge in [0.25, 0.3) is 0 Å². The fourth-order valence-electron chi connectivity index (χ4n) is 3.08. The number of methoxy groups -OCH3 is 1. The molecule has 0 spiro atoms. The molecule has 0 aliphatic rings. The van der Waals surface area contributed by atoms with Crippen LogP contribution in [-0.4, -0.2) is 7.11 Å². The molecule has 0 amide bonds. The van der Waals surface area contributed by atoms with Crippen molar-refractivity contribution in [2.45, 2.75) is 0 Å². The smallest absolute Gasteiger partial charge is 0.135 e. The second-order valence-electron chi connectivity index (χ2n) is 5.77. The summed E-state index contributed by atoms with van der Waals surface area (Å²) in [5.74, 6) is 2.54. The van der Waals surface area contributed by atoms with Crippen molar-refractivity contribution in [3.8, 4) is 28.4 Å². The lowest BCUT2D eigenvalue weighted by atomic mass is 9.97. The molecule has 0 fully saturated rings. The summed E-state index contributed by atoms with van der Waals surface area (Å²) in [5.41, 5.74) is 2.19. The van der Waals surface area contributed by atoms with Crippen molar-refractivity contribution in [2.75, 3.05) is 7.11 Å². The zero-order valence-electron chi connectivity index (χ0n) is 14.0. The second-order valence-corrected chi connectivity index (χ2v) is 5.77. The minimum absolute atomic E-state index is 0.827. The molecular weight excluding hydrogens is 308 g/mol. The summed E-state index contributed by atoms with van der Waals surface area (Å²) >= 11 is 0.